The number of rotatable bonds is 7. The maximum Gasteiger partial charge on any atom is 0.339 e. The predicted octanol–water partition coefficient (Wildman–Crippen LogP) is 2.92. The molecule has 0 saturated carbocycles. The second-order valence-electron chi connectivity index (χ2n) is 4.99. The molecule has 0 aliphatic carbocycles. The lowest BCUT2D eigenvalue weighted by Gasteiger charge is -2.10. The molecule has 2 aromatic rings. The molecule has 0 aliphatic heterocycles. The van der Waals surface area contributed by atoms with E-state index in [2.05, 4.69) is 10.6 Å². The molecule has 0 spiro atoms. The fourth-order valence-electron chi connectivity index (χ4n) is 2.12. The zero-order valence-electron chi connectivity index (χ0n) is 13.7. The Morgan fingerprint density at radius 1 is 1.00 bits per heavy atom. The number of benzene rings is 2. The number of carbonyl (C=O) groups excluding carboxylic acids is 2. The molecule has 0 unspecified atom stereocenters. The summed E-state index contributed by atoms with van der Waals surface area (Å²) in [6, 6.07) is 14.2. The summed E-state index contributed by atoms with van der Waals surface area (Å²) in [4.78, 5) is 23.7. The molecule has 6 nitrogen and oxygen atoms in total. The number of hydrogen-bond acceptors (Lipinski definition) is 5. The Morgan fingerprint density at radius 3 is 2.38 bits per heavy atom. The van der Waals surface area contributed by atoms with E-state index in [0.29, 0.717) is 17.8 Å². The minimum atomic E-state index is -0.484. The molecule has 2 N–H and O–H groups in total. The van der Waals surface area contributed by atoms with Gasteiger partial charge >= 0.3 is 5.97 Å². The van der Waals surface area contributed by atoms with Crippen molar-refractivity contribution >= 4 is 23.3 Å². The Balaban J connectivity index is 1.86. The van der Waals surface area contributed by atoms with Crippen LogP contribution in [0.5, 0.6) is 5.75 Å². The van der Waals surface area contributed by atoms with Crippen LogP contribution < -0.4 is 15.4 Å². The van der Waals surface area contributed by atoms with Crippen molar-refractivity contribution in [2.45, 2.75) is 6.42 Å². The van der Waals surface area contributed by atoms with E-state index in [1.807, 2.05) is 24.3 Å². The van der Waals surface area contributed by atoms with Crippen LogP contribution >= 0.6 is 0 Å². The third kappa shape index (κ3) is 4.74. The van der Waals surface area contributed by atoms with Crippen molar-refractivity contribution in [3.63, 3.8) is 0 Å². The number of methoxy groups -OCH3 is 2. The van der Waals surface area contributed by atoms with E-state index in [4.69, 9.17) is 9.47 Å². The summed E-state index contributed by atoms with van der Waals surface area (Å²) >= 11 is 0. The number of amides is 1. The van der Waals surface area contributed by atoms with Crippen LogP contribution in [-0.2, 0) is 9.53 Å². The molecular weight excluding hydrogens is 308 g/mol. The SMILES string of the molecule is COC(=O)c1ccccc1NC(=O)CCNc1ccc(OC)cc1. The molecule has 0 bridgehead atoms. The molecule has 1 amide bonds. The molecule has 0 atom stereocenters. The number of esters is 1. The highest BCUT2D eigenvalue weighted by atomic mass is 16.5. The van der Waals surface area contributed by atoms with Crippen molar-refractivity contribution in [3.05, 3.63) is 54.1 Å². The number of ether oxygens (including phenoxy) is 2. The second-order valence-corrected chi connectivity index (χ2v) is 4.99. The number of para-hydroxylation sites is 1. The van der Waals surface area contributed by atoms with Crippen LogP contribution in [0.15, 0.2) is 48.5 Å². The van der Waals surface area contributed by atoms with Gasteiger partial charge in [-0.05, 0) is 36.4 Å². The molecule has 126 valence electrons. The van der Waals surface area contributed by atoms with Crippen LogP contribution in [0.1, 0.15) is 16.8 Å². The normalized spacial score (nSPS) is 9.92. The zero-order chi connectivity index (χ0) is 17.4. The first-order valence-corrected chi connectivity index (χ1v) is 7.49. The van der Waals surface area contributed by atoms with Crippen LogP contribution in [0.25, 0.3) is 0 Å². The molecule has 24 heavy (non-hydrogen) atoms. The average molecular weight is 328 g/mol. The van der Waals surface area contributed by atoms with Gasteiger partial charge in [0.25, 0.3) is 0 Å². The standard InChI is InChI=1S/C18H20N2O4/c1-23-14-9-7-13(8-10-14)19-12-11-17(21)20-16-6-4-3-5-15(16)18(22)24-2/h3-10,19H,11-12H2,1-2H3,(H,20,21). The van der Waals surface area contributed by atoms with Gasteiger partial charge in [-0.15, -0.1) is 0 Å². The molecule has 0 radical (unpaired) electrons. The maximum absolute atomic E-state index is 12.0. The number of carbonyl (C=O) groups is 2. The highest BCUT2D eigenvalue weighted by Crippen LogP contribution is 2.17. The molecule has 0 heterocycles. The van der Waals surface area contributed by atoms with E-state index in [1.165, 1.54) is 7.11 Å². The Hall–Kier alpha value is -3.02. The number of nitrogens with one attached hydrogen (secondary N) is 2. The van der Waals surface area contributed by atoms with E-state index in [0.717, 1.165) is 11.4 Å². The van der Waals surface area contributed by atoms with Gasteiger partial charge in [-0.1, -0.05) is 12.1 Å². The monoisotopic (exact) mass is 328 g/mol. The molecule has 0 saturated heterocycles. The summed E-state index contributed by atoms with van der Waals surface area (Å²) in [5.41, 5.74) is 1.67. The lowest BCUT2D eigenvalue weighted by atomic mass is 10.1. The third-order valence-corrected chi connectivity index (χ3v) is 3.38. The summed E-state index contributed by atoms with van der Waals surface area (Å²) in [5, 5.41) is 5.88. The van der Waals surface area contributed by atoms with Crippen molar-refractivity contribution in [1.29, 1.82) is 0 Å². The van der Waals surface area contributed by atoms with E-state index in [-0.39, 0.29) is 12.3 Å². The lowest BCUT2D eigenvalue weighted by Crippen LogP contribution is -2.18. The van der Waals surface area contributed by atoms with Crippen molar-refractivity contribution < 1.29 is 19.1 Å². The first kappa shape index (κ1) is 17.3. The molecule has 0 fully saturated rings. The van der Waals surface area contributed by atoms with Gasteiger partial charge in [0.2, 0.25) is 5.91 Å². The maximum atomic E-state index is 12.0. The van der Waals surface area contributed by atoms with Gasteiger partial charge in [-0.3, -0.25) is 4.79 Å². The molecule has 2 rings (SSSR count). The smallest absolute Gasteiger partial charge is 0.339 e. The molecular formula is C18H20N2O4. The van der Waals surface area contributed by atoms with Crippen molar-refractivity contribution in [2.24, 2.45) is 0 Å². The third-order valence-electron chi connectivity index (χ3n) is 3.38. The van der Waals surface area contributed by atoms with Crippen LogP contribution in [0.3, 0.4) is 0 Å². The summed E-state index contributed by atoms with van der Waals surface area (Å²) in [6.07, 6.45) is 0.265. The Morgan fingerprint density at radius 2 is 1.71 bits per heavy atom. The minimum Gasteiger partial charge on any atom is -0.497 e. The summed E-state index contributed by atoms with van der Waals surface area (Å²) in [5.74, 6) is 0.104. The van der Waals surface area contributed by atoms with Gasteiger partial charge < -0.3 is 20.1 Å². The Labute approximate surface area is 140 Å². The summed E-state index contributed by atoms with van der Waals surface area (Å²) in [6.45, 7) is 0.471. The van der Waals surface area contributed by atoms with Gasteiger partial charge in [-0.25, -0.2) is 4.79 Å². The first-order chi connectivity index (χ1) is 11.6. The van der Waals surface area contributed by atoms with Gasteiger partial charge in [0.05, 0.1) is 25.5 Å². The van der Waals surface area contributed by atoms with Crippen LogP contribution in [0.2, 0.25) is 0 Å². The van der Waals surface area contributed by atoms with E-state index >= 15 is 0 Å². The summed E-state index contributed by atoms with van der Waals surface area (Å²) in [7, 11) is 2.92. The van der Waals surface area contributed by atoms with E-state index < -0.39 is 5.97 Å². The highest BCUT2D eigenvalue weighted by Gasteiger charge is 2.12. The summed E-state index contributed by atoms with van der Waals surface area (Å²) < 4.78 is 9.79. The van der Waals surface area contributed by atoms with Crippen molar-refractivity contribution in [3.8, 4) is 5.75 Å². The number of hydrogen-bond donors (Lipinski definition) is 2. The topological polar surface area (TPSA) is 76.7 Å². The van der Waals surface area contributed by atoms with Crippen LogP contribution in [0, 0.1) is 0 Å². The molecule has 6 heteroatoms. The van der Waals surface area contributed by atoms with Crippen molar-refractivity contribution in [2.75, 3.05) is 31.4 Å². The highest BCUT2D eigenvalue weighted by molar-refractivity contribution is 6.01. The molecule has 0 aliphatic rings. The number of anilines is 2. The second kappa shape index (κ2) is 8.57. The Kier molecular flexibility index (Phi) is 6.19. The van der Waals surface area contributed by atoms with E-state index in [9.17, 15) is 9.59 Å². The lowest BCUT2D eigenvalue weighted by molar-refractivity contribution is -0.115. The molecule has 0 aromatic heterocycles. The zero-order valence-corrected chi connectivity index (χ0v) is 13.7. The first-order valence-electron chi connectivity index (χ1n) is 7.49. The largest absolute Gasteiger partial charge is 0.497 e. The van der Waals surface area contributed by atoms with Crippen LogP contribution in [-0.4, -0.2) is 32.6 Å². The van der Waals surface area contributed by atoms with Crippen LogP contribution in [0.4, 0.5) is 11.4 Å². The van der Waals surface area contributed by atoms with Gasteiger partial charge in [-0.2, -0.15) is 0 Å². The average Bonchev–Trinajstić information content (AvgIpc) is 2.62. The molecule has 2 aromatic carbocycles. The van der Waals surface area contributed by atoms with Gasteiger partial charge in [0, 0.05) is 18.7 Å². The fraction of sp³-hybridized carbons (Fsp3) is 0.222. The quantitative estimate of drug-likeness (QED) is 0.764. The fourth-order valence-corrected chi connectivity index (χ4v) is 2.12. The van der Waals surface area contributed by atoms with Gasteiger partial charge in [0.1, 0.15) is 5.75 Å². The minimum absolute atomic E-state index is 0.188. The van der Waals surface area contributed by atoms with E-state index in [1.54, 1.807) is 31.4 Å². The predicted molar refractivity (Wildman–Crippen MR) is 92.5 cm³/mol. The van der Waals surface area contributed by atoms with Gasteiger partial charge in [0.15, 0.2) is 0 Å². The Bertz CT molecular complexity index is 698. The van der Waals surface area contributed by atoms with Crippen molar-refractivity contribution in [1.82, 2.24) is 0 Å².